The maximum absolute atomic E-state index is 11.5. The van der Waals surface area contributed by atoms with Gasteiger partial charge in [-0.15, -0.1) is 12.4 Å². The van der Waals surface area contributed by atoms with Crippen LogP contribution in [0.3, 0.4) is 0 Å². The Balaban J connectivity index is 0.00000225. The average Bonchev–Trinajstić information content (AvgIpc) is 2.50. The molecule has 96 valence electrons. The first kappa shape index (κ1) is 15.5. The second-order valence-electron chi connectivity index (χ2n) is 4.78. The summed E-state index contributed by atoms with van der Waals surface area (Å²) in [6, 6.07) is 0. The lowest BCUT2D eigenvalue weighted by Crippen LogP contribution is -2.54. The molecule has 1 atom stereocenters. The second kappa shape index (κ2) is 5.70. The van der Waals surface area contributed by atoms with Crippen molar-refractivity contribution < 1.29 is 14.3 Å². The molecule has 1 amide bonds. The topological polar surface area (TPSA) is 73.6 Å². The van der Waals surface area contributed by atoms with Gasteiger partial charge in [0.25, 0.3) is 0 Å². The molecular weight excluding hydrogens is 232 g/mol. The summed E-state index contributed by atoms with van der Waals surface area (Å²) >= 11 is 0. The molecule has 0 spiro atoms. The van der Waals surface area contributed by atoms with Gasteiger partial charge < -0.3 is 15.2 Å². The summed E-state index contributed by atoms with van der Waals surface area (Å²) in [7, 11) is 0. The first-order valence-electron chi connectivity index (χ1n) is 5.22. The number of hydrogen-bond acceptors (Lipinski definition) is 4. The van der Waals surface area contributed by atoms with Crippen molar-refractivity contribution >= 4 is 18.5 Å². The summed E-state index contributed by atoms with van der Waals surface area (Å²) in [5, 5.41) is 2.69. The lowest BCUT2D eigenvalue weighted by atomic mass is 10.1. The van der Waals surface area contributed by atoms with Crippen molar-refractivity contribution in [3.8, 4) is 0 Å². The van der Waals surface area contributed by atoms with Gasteiger partial charge in [-0.3, -0.25) is 5.32 Å². The second-order valence-corrected chi connectivity index (χ2v) is 4.78. The normalized spacial score (nSPS) is 24.8. The van der Waals surface area contributed by atoms with Crippen molar-refractivity contribution in [3.05, 3.63) is 0 Å². The summed E-state index contributed by atoms with van der Waals surface area (Å²) in [6.07, 6.45) is 1.17. The maximum Gasteiger partial charge on any atom is 0.409 e. The maximum atomic E-state index is 11.5. The summed E-state index contributed by atoms with van der Waals surface area (Å²) in [5.74, 6) is 0. The Morgan fingerprint density at radius 2 is 2.19 bits per heavy atom. The number of halogens is 1. The van der Waals surface area contributed by atoms with Crippen molar-refractivity contribution in [3.63, 3.8) is 0 Å². The monoisotopic (exact) mass is 252 g/mol. The fourth-order valence-corrected chi connectivity index (χ4v) is 1.50. The highest BCUT2D eigenvalue weighted by atomic mass is 35.5. The van der Waals surface area contributed by atoms with Crippen LogP contribution in [0.5, 0.6) is 0 Å². The van der Waals surface area contributed by atoms with Crippen molar-refractivity contribution in [1.29, 1.82) is 0 Å². The molecule has 3 N–H and O–H groups in total. The van der Waals surface area contributed by atoms with E-state index in [1.807, 2.05) is 20.8 Å². The SMILES string of the molecule is CC(C)(C)OC(=O)NC1(CN)CCCO1.Cl. The number of ether oxygens (including phenoxy) is 2. The van der Waals surface area contributed by atoms with Crippen LogP contribution in [-0.2, 0) is 9.47 Å². The van der Waals surface area contributed by atoms with Gasteiger partial charge in [0.1, 0.15) is 5.60 Å². The van der Waals surface area contributed by atoms with E-state index in [2.05, 4.69) is 5.32 Å². The summed E-state index contributed by atoms with van der Waals surface area (Å²) in [5.41, 5.74) is 4.36. The van der Waals surface area contributed by atoms with Crippen LogP contribution in [0.2, 0.25) is 0 Å². The Hall–Kier alpha value is -0.520. The molecule has 0 radical (unpaired) electrons. The smallest absolute Gasteiger partial charge is 0.409 e. The third kappa shape index (κ3) is 4.55. The van der Waals surface area contributed by atoms with E-state index in [0.29, 0.717) is 6.61 Å². The molecule has 6 heteroatoms. The van der Waals surface area contributed by atoms with Gasteiger partial charge >= 0.3 is 6.09 Å². The third-order valence-electron chi connectivity index (χ3n) is 2.16. The Morgan fingerprint density at radius 3 is 2.56 bits per heavy atom. The van der Waals surface area contributed by atoms with Crippen LogP contribution >= 0.6 is 12.4 Å². The van der Waals surface area contributed by atoms with E-state index in [-0.39, 0.29) is 19.0 Å². The van der Waals surface area contributed by atoms with Crippen LogP contribution in [0, 0.1) is 0 Å². The van der Waals surface area contributed by atoms with E-state index < -0.39 is 17.4 Å². The quantitative estimate of drug-likeness (QED) is 0.779. The molecule has 0 saturated carbocycles. The zero-order chi connectivity index (χ0) is 11.5. The van der Waals surface area contributed by atoms with E-state index in [1.165, 1.54) is 0 Å². The largest absolute Gasteiger partial charge is 0.444 e. The Labute approximate surface area is 102 Å². The molecule has 1 saturated heterocycles. The average molecular weight is 253 g/mol. The molecule has 1 heterocycles. The third-order valence-corrected chi connectivity index (χ3v) is 2.16. The molecule has 1 rings (SSSR count). The van der Waals surface area contributed by atoms with E-state index >= 15 is 0 Å². The van der Waals surface area contributed by atoms with Crippen LogP contribution < -0.4 is 11.1 Å². The molecule has 1 aliphatic heterocycles. The first-order chi connectivity index (χ1) is 6.87. The minimum absolute atomic E-state index is 0. The first-order valence-corrected chi connectivity index (χ1v) is 5.22. The standard InChI is InChI=1S/C10H20N2O3.ClH/c1-9(2,3)15-8(13)12-10(7-11)5-4-6-14-10;/h4-7,11H2,1-3H3,(H,12,13);1H. The number of alkyl carbamates (subject to hydrolysis) is 1. The molecule has 1 fully saturated rings. The Morgan fingerprint density at radius 1 is 1.56 bits per heavy atom. The summed E-state index contributed by atoms with van der Waals surface area (Å²) < 4.78 is 10.6. The van der Waals surface area contributed by atoms with Crippen LogP contribution in [0.15, 0.2) is 0 Å². The zero-order valence-electron chi connectivity index (χ0n) is 10.0. The van der Waals surface area contributed by atoms with E-state index in [0.717, 1.165) is 12.8 Å². The lowest BCUT2D eigenvalue weighted by molar-refractivity contribution is -0.0279. The number of hydrogen-bond donors (Lipinski definition) is 2. The van der Waals surface area contributed by atoms with Crippen molar-refractivity contribution in [2.24, 2.45) is 5.73 Å². The molecule has 1 unspecified atom stereocenters. The summed E-state index contributed by atoms with van der Waals surface area (Å²) in [6.45, 7) is 6.35. The van der Waals surface area contributed by atoms with Crippen molar-refractivity contribution in [2.75, 3.05) is 13.2 Å². The van der Waals surface area contributed by atoms with Gasteiger partial charge in [0.2, 0.25) is 0 Å². The molecule has 5 nitrogen and oxygen atoms in total. The zero-order valence-corrected chi connectivity index (χ0v) is 10.9. The number of carbonyl (C=O) groups is 1. The molecular formula is C10H21ClN2O3. The molecule has 0 aliphatic carbocycles. The van der Waals surface area contributed by atoms with Crippen molar-refractivity contribution in [1.82, 2.24) is 5.32 Å². The van der Waals surface area contributed by atoms with Gasteiger partial charge in [-0.05, 0) is 33.6 Å². The van der Waals surface area contributed by atoms with Gasteiger partial charge in [0, 0.05) is 13.2 Å². The molecule has 1 aliphatic rings. The Bertz CT molecular complexity index is 235. The van der Waals surface area contributed by atoms with Gasteiger partial charge in [0.05, 0.1) is 0 Å². The van der Waals surface area contributed by atoms with Crippen molar-refractivity contribution in [2.45, 2.75) is 44.9 Å². The molecule has 0 bridgehead atoms. The number of amides is 1. The molecule has 0 aromatic carbocycles. The van der Waals surface area contributed by atoms with E-state index in [9.17, 15) is 4.79 Å². The van der Waals surface area contributed by atoms with Gasteiger partial charge in [0.15, 0.2) is 5.72 Å². The number of rotatable bonds is 2. The predicted molar refractivity (Wildman–Crippen MR) is 63.6 cm³/mol. The fourth-order valence-electron chi connectivity index (χ4n) is 1.50. The fraction of sp³-hybridized carbons (Fsp3) is 0.900. The van der Waals surface area contributed by atoms with Gasteiger partial charge in [-0.25, -0.2) is 4.79 Å². The number of nitrogens with two attached hydrogens (primary N) is 1. The predicted octanol–water partition coefficient (Wildman–Crippen LogP) is 1.40. The van der Waals surface area contributed by atoms with Crippen LogP contribution in [0.1, 0.15) is 33.6 Å². The van der Waals surface area contributed by atoms with E-state index in [4.69, 9.17) is 15.2 Å². The minimum atomic E-state index is -0.720. The molecule has 0 aromatic heterocycles. The summed E-state index contributed by atoms with van der Waals surface area (Å²) in [4.78, 5) is 11.5. The minimum Gasteiger partial charge on any atom is -0.444 e. The highest BCUT2D eigenvalue weighted by molar-refractivity contribution is 5.85. The van der Waals surface area contributed by atoms with Crippen LogP contribution in [-0.4, -0.2) is 30.6 Å². The van der Waals surface area contributed by atoms with Crippen LogP contribution in [0.25, 0.3) is 0 Å². The van der Waals surface area contributed by atoms with Gasteiger partial charge in [-0.1, -0.05) is 0 Å². The van der Waals surface area contributed by atoms with Gasteiger partial charge in [-0.2, -0.15) is 0 Å². The van der Waals surface area contributed by atoms with Crippen LogP contribution in [0.4, 0.5) is 4.79 Å². The molecule has 0 aromatic rings. The van der Waals surface area contributed by atoms with E-state index in [1.54, 1.807) is 0 Å². The lowest BCUT2D eigenvalue weighted by Gasteiger charge is -2.29. The number of nitrogens with one attached hydrogen (secondary N) is 1. The molecule has 16 heavy (non-hydrogen) atoms. The highest BCUT2D eigenvalue weighted by Crippen LogP contribution is 2.22. The Kier molecular flexibility index (Phi) is 5.52. The number of carbonyl (C=O) groups excluding carboxylic acids is 1. The highest BCUT2D eigenvalue weighted by Gasteiger charge is 2.36.